The van der Waals surface area contributed by atoms with Gasteiger partial charge in [0.2, 0.25) is 0 Å². The molecular weight excluding hydrogens is 316 g/mol. The van der Waals surface area contributed by atoms with Gasteiger partial charge in [-0.3, -0.25) is 9.97 Å². The Hall–Kier alpha value is -2.66. The normalized spacial score (nSPS) is 11.0. The van der Waals surface area contributed by atoms with E-state index >= 15 is 0 Å². The molecule has 1 aromatic carbocycles. The molecule has 0 atom stereocenters. The van der Waals surface area contributed by atoms with E-state index < -0.39 is 0 Å². The van der Waals surface area contributed by atoms with E-state index in [2.05, 4.69) is 46.3 Å². The van der Waals surface area contributed by atoms with E-state index in [4.69, 9.17) is 0 Å². The van der Waals surface area contributed by atoms with Gasteiger partial charge in [-0.15, -0.1) is 11.8 Å². The summed E-state index contributed by atoms with van der Waals surface area (Å²) in [7, 11) is 0. The van der Waals surface area contributed by atoms with E-state index in [1.165, 1.54) is 4.90 Å². The number of thioether (sulfide) groups is 1. The highest BCUT2D eigenvalue weighted by molar-refractivity contribution is 7.99. The summed E-state index contributed by atoms with van der Waals surface area (Å²) in [6.45, 7) is 2.16. The maximum absolute atomic E-state index is 4.62. The molecule has 0 bridgehead atoms. The van der Waals surface area contributed by atoms with E-state index in [0.717, 1.165) is 33.6 Å². The van der Waals surface area contributed by atoms with Crippen molar-refractivity contribution in [1.29, 1.82) is 0 Å². The first-order valence-electron chi connectivity index (χ1n) is 7.82. The van der Waals surface area contributed by atoms with E-state index in [9.17, 15) is 0 Å². The second kappa shape index (κ2) is 6.45. The fourth-order valence-corrected chi connectivity index (χ4v) is 3.32. The molecule has 0 aliphatic rings. The Labute approximate surface area is 144 Å². The van der Waals surface area contributed by atoms with E-state index in [1.54, 1.807) is 12.4 Å². The highest BCUT2D eigenvalue weighted by atomic mass is 32.2. The fourth-order valence-electron chi connectivity index (χ4n) is 2.63. The Morgan fingerprint density at radius 1 is 1.08 bits per heavy atom. The summed E-state index contributed by atoms with van der Waals surface area (Å²) >= 11 is 1.83. The van der Waals surface area contributed by atoms with Crippen LogP contribution in [0.3, 0.4) is 0 Å². The van der Waals surface area contributed by atoms with Crippen LogP contribution in [0.5, 0.6) is 0 Å². The molecule has 0 N–H and O–H groups in total. The third-order valence-corrected chi connectivity index (χ3v) is 4.63. The predicted octanol–water partition coefficient (Wildman–Crippen LogP) is 4.59. The van der Waals surface area contributed by atoms with Crippen molar-refractivity contribution in [3.63, 3.8) is 0 Å². The molecule has 4 nitrogen and oxygen atoms in total. The molecule has 0 amide bonds. The average molecular weight is 332 g/mol. The van der Waals surface area contributed by atoms with Gasteiger partial charge in [-0.1, -0.05) is 13.0 Å². The van der Waals surface area contributed by atoms with Crippen LogP contribution in [0, 0.1) is 0 Å². The molecule has 0 radical (unpaired) electrons. The minimum atomic E-state index is 0.953. The molecule has 5 heteroatoms. The second-order valence-electron chi connectivity index (χ2n) is 5.37. The lowest BCUT2D eigenvalue weighted by molar-refractivity contribution is 0.889. The molecule has 0 aliphatic heterocycles. The molecule has 4 rings (SSSR count). The summed E-state index contributed by atoms with van der Waals surface area (Å²) < 4.78 is 1.86. The average Bonchev–Trinajstić information content (AvgIpc) is 3.06. The zero-order chi connectivity index (χ0) is 16.4. The van der Waals surface area contributed by atoms with Crippen LogP contribution in [0.2, 0.25) is 0 Å². The van der Waals surface area contributed by atoms with Crippen molar-refractivity contribution in [2.24, 2.45) is 0 Å². The van der Waals surface area contributed by atoms with E-state index in [0.29, 0.717) is 0 Å². The maximum atomic E-state index is 4.62. The van der Waals surface area contributed by atoms with Gasteiger partial charge in [0.15, 0.2) is 0 Å². The summed E-state index contributed by atoms with van der Waals surface area (Å²) in [5.74, 6) is 1.06. The standard InChI is InChI=1S/C19H16N4S/c1-2-24-17-7-9-21-19(11-17)14-5-6-18-15(10-14)13-23(22-18)16-4-3-8-20-12-16/h3-13H,2H2,1H3. The van der Waals surface area contributed by atoms with Crippen LogP contribution < -0.4 is 0 Å². The van der Waals surface area contributed by atoms with Crippen LogP contribution in [0.25, 0.3) is 27.8 Å². The summed E-state index contributed by atoms with van der Waals surface area (Å²) in [6, 6.07) is 14.3. The molecule has 0 unspecified atom stereocenters. The summed E-state index contributed by atoms with van der Waals surface area (Å²) in [5, 5.41) is 5.71. The monoisotopic (exact) mass is 332 g/mol. The number of nitrogens with zero attached hydrogens (tertiary/aromatic N) is 4. The van der Waals surface area contributed by atoms with Gasteiger partial charge in [-0.05, 0) is 42.2 Å². The van der Waals surface area contributed by atoms with Gasteiger partial charge >= 0.3 is 0 Å². The van der Waals surface area contributed by atoms with Crippen LogP contribution >= 0.6 is 11.8 Å². The fraction of sp³-hybridized carbons (Fsp3) is 0.105. The highest BCUT2D eigenvalue weighted by Gasteiger charge is 2.06. The van der Waals surface area contributed by atoms with Crippen molar-refractivity contribution < 1.29 is 0 Å². The quantitative estimate of drug-likeness (QED) is 0.513. The van der Waals surface area contributed by atoms with Gasteiger partial charge in [-0.2, -0.15) is 5.10 Å². The number of aromatic nitrogens is 4. The first kappa shape index (κ1) is 14.9. The highest BCUT2D eigenvalue weighted by Crippen LogP contribution is 2.26. The summed E-state index contributed by atoms with van der Waals surface area (Å²) in [6.07, 6.45) is 7.47. The minimum absolute atomic E-state index is 0.953. The molecule has 3 aromatic heterocycles. The zero-order valence-corrected chi connectivity index (χ0v) is 14.1. The molecule has 24 heavy (non-hydrogen) atoms. The molecule has 118 valence electrons. The van der Waals surface area contributed by atoms with Gasteiger partial charge in [0.1, 0.15) is 0 Å². The SMILES string of the molecule is CCSc1ccnc(-c2ccc3nn(-c4cccnc4)cc3c2)c1. The first-order valence-corrected chi connectivity index (χ1v) is 8.81. The second-order valence-corrected chi connectivity index (χ2v) is 6.71. The summed E-state index contributed by atoms with van der Waals surface area (Å²) in [4.78, 5) is 9.91. The maximum Gasteiger partial charge on any atom is 0.0928 e. The Bertz CT molecular complexity index is 979. The third-order valence-electron chi connectivity index (χ3n) is 3.75. The van der Waals surface area contributed by atoms with Gasteiger partial charge in [0.25, 0.3) is 0 Å². The molecule has 0 saturated carbocycles. The van der Waals surface area contributed by atoms with Crippen LogP contribution in [0.15, 0.2) is 72.1 Å². The van der Waals surface area contributed by atoms with Crippen molar-refractivity contribution in [3.8, 4) is 16.9 Å². The Kier molecular flexibility index (Phi) is 4.01. The van der Waals surface area contributed by atoms with E-state index in [-0.39, 0.29) is 0 Å². The van der Waals surface area contributed by atoms with Crippen molar-refractivity contribution in [1.82, 2.24) is 19.7 Å². The van der Waals surface area contributed by atoms with Crippen molar-refractivity contribution >= 4 is 22.7 Å². The van der Waals surface area contributed by atoms with Gasteiger partial charge in [0, 0.05) is 34.4 Å². The Morgan fingerprint density at radius 2 is 2.04 bits per heavy atom. The Morgan fingerprint density at radius 3 is 2.88 bits per heavy atom. The van der Waals surface area contributed by atoms with Gasteiger partial charge < -0.3 is 0 Å². The topological polar surface area (TPSA) is 43.6 Å². The first-order chi connectivity index (χ1) is 11.8. The molecule has 0 spiro atoms. The van der Waals surface area contributed by atoms with Crippen LogP contribution in [-0.4, -0.2) is 25.5 Å². The smallest absolute Gasteiger partial charge is 0.0928 e. The van der Waals surface area contributed by atoms with Crippen molar-refractivity contribution in [2.45, 2.75) is 11.8 Å². The number of pyridine rings is 2. The molecular formula is C19H16N4S. The van der Waals surface area contributed by atoms with Crippen molar-refractivity contribution in [2.75, 3.05) is 5.75 Å². The molecule has 4 aromatic rings. The van der Waals surface area contributed by atoms with Crippen LogP contribution in [0.4, 0.5) is 0 Å². The zero-order valence-electron chi connectivity index (χ0n) is 13.3. The summed E-state index contributed by atoms with van der Waals surface area (Å²) in [5.41, 5.74) is 4.01. The molecule has 0 fully saturated rings. The molecule has 0 saturated heterocycles. The van der Waals surface area contributed by atoms with Gasteiger partial charge in [0.05, 0.1) is 23.1 Å². The Balaban J connectivity index is 1.74. The lowest BCUT2D eigenvalue weighted by Gasteiger charge is -2.03. The van der Waals surface area contributed by atoms with E-state index in [1.807, 2.05) is 47.0 Å². The number of rotatable bonds is 4. The number of fused-ring (bicyclic) bond motifs is 1. The van der Waals surface area contributed by atoms with Crippen LogP contribution in [-0.2, 0) is 0 Å². The minimum Gasteiger partial charge on any atom is -0.262 e. The lowest BCUT2D eigenvalue weighted by Crippen LogP contribution is -1.93. The number of hydrogen-bond acceptors (Lipinski definition) is 4. The van der Waals surface area contributed by atoms with Gasteiger partial charge in [-0.25, -0.2) is 4.68 Å². The third kappa shape index (κ3) is 2.90. The molecule has 3 heterocycles. The molecule has 0 aliphatic carbocycles. The largest absolute Gasteiger partial charge is 0.262 e. The predicted molar refractivity (Wildman–Crippen MR) is 98.5 cm³/mol. The number of benzene rings is 1. The van der Waals surface area contributed by atoms with Crippen LogP contribution in [0.1, 0.15) is 6.92 Å². The van der Waals surface area contributed by atoms with Crippen molar-refractivity contribution in [3.05, 3.63) is 67.3 Å². The lowest BCUT2D eigenvalue weighted by atomic mass is 10.1. The number of hydrogen-bond donors (Lipinski definition) is 0.